The second-order valence-corrected chi connectivity index (χ2v) is 5.30. The molecular weight excluding hydrogens is 254 g/mol. The van der Waals surface area contributed by atoms with Crippen molar-refractivity contribution in [3.63, 3.8) is 0 Å². The van der Waals surface area contributed by atoms with Gasteiger partial charge in [-0.1, -0.05) is 24.3 Å². The van der Waals surface area contributed by atoms with E-state index in [2.05, 4.69) is 29.1 Å². The first-order chi connectivity index (χ1) is 9.63. The summed E-state index contributed by atoms with van der Waals surface area (Å²) < 4.78 is 1.76. The highest BCUT2D eigenvalue weighted by Crippen LogP contribution is 2.20. The molecule has 1 N–H and O–H groups in total. The zero-order chi connectivity index (χ0) is 14.1. The van der Waals surface area contributed by atoms with Crippen molar-refractivity contribution in [3.05, 3.63) is 47.0 Å². The topological polar surface area (TPSA) is 68.0 Å². The van der Waals surface area contributed by atoms with Crippen molar-refractivity contribution in [2.75, 3.05) is 0 Å². The minimum Gasteiger partial charge on any atom is -0.481 e. The van der Waals surface area contributed by atoms with Crippen LogP contribution in [0, 0.1) is 12.8 Å². The largest absolute Gasteiger partial charge is 0.481 e. The highest BCUT2D eigenvalue weighted by Gasteiger charge is 2.26. The Morgan fingerprint density at radius 2 is 2.25 bits per heavy atom. The monoisotopic (exact) mass is 271 g/mol. The number of hydrogen-bond acceptors (Lipinski definition) is 3. The molecule has 20 heavy (non-hydrogen) atoms. The van der Waals surface area contributed by atoms with Crippen molar-refractivity contribution in [2.24, 2.45) is 5.92 Å². The second kappa shape index (κ2) is 5.07. The lowest BCUT2D eigenvalue weighted by molar-refractivity contribution is -0.142. The molecule has 5 nitrogen and oxygen atoms in total. The maximum Gasteiger partial charge on any atom is 0.308 e. The van der Waals surface area contributed by atoms with Crippen LogP contribution in [0.2, 0.25) is 0 Å². The van der Waals surface area contributed by atoms with E-state index in [1.54, 1.807) is 4.68 Å². The number of aromatic nitrogens is 3. The summed E-state index contributed by atoms with van der Waals surface area (Å²) in [6.07, 6.45) is 2.04. The molecule has 1 atom stereocenters. The van der Waals surface area contributed by atoms with E-state index in [-0.39, 0.29) is 5.92 Å². The van der Waals surface area contributed by atoms with Gasteiger partial charge in [-0.2, -0.15) is 5.10 Å². The zero-order valence-corrected chi connectivity index (χ0v) is 11.4. The van der Waals surface area contributed by atoms with E-state index in [1.165, 1.54) is 11.1 Å². The van der Waals surface area contributed by atoms with Gasteiger partial charge in [0.25, 0.3) is 0 Å². The van der Waals surface area contributed by atoms with Gasteiger partial charge in [-0.3, -0.25) is 4.79 Å². The van der Waals surface area contributed by atoms with E-state index in [0.717, 1.165) is 11.6 Å². The van der Waals surface area contributed by atoms with Gasteiger partial charge in [0.2, 0.25) is 0 Å². The Bertz CT molecular complexity index is 648. The first-order valence-electron chi connectivity index (χ1n) is 6.83. The number of rotatable bonds is 3. The van der Waals surface area contributed by atoms with Gasteiger partial charge >= 0.3 is 5.97 Å². The number of carboxylic acid groups (broad SMARTS) is 1. The van der Waals surface area contributed by atoms with Crippen molar-refractivity contribution in [3.8, 4) is 0 Å². The van der Waals surface area contributed by atoms with Crippen LogP contribution in [-0.4, -0.2) is 25.8 Å². The fourth-order valence-corrected chi connectivity index (χ4v) is 2.62. The van der Waals surface area contributed by atoms with Gasteiger partial charge in [-0.25, -0.2) is 9.67 Å². The van der Waals surface area contributed by atoms with Crippen molar-refractivity contribution in [2.45, 2.75) is 32.7 Å². The third kappa shape index (κ3) is 2.43. The average molecular weight is 271 g/mol. The summed E-state index contributed by atoms with van der Waals surface area (Å²) in [5.41, 5.74) is 2.44. The number of aliphatic carboxylic acids is 1. The Balaban J connectivity index is 1.81. The van der Waals surface area contributed by atoms with E-state index < -0.39 is 5.97 Å². The summed E-state index contributed by atoms with van der Waals surface area (Å²) in [4.78, 5) is 15.6. The van der Waals surface area contributed by atoms with Gasteiger partial charge in [0.15, 0.2) is 5.82 Å². The molecule has 0 amide bonds. The highest BCUT2D eigenvalue weighted by molar-refractivity contribution is 5.70. The van der Waals surface area contributed by atoms with E-state index in [1.807, 2.05) is 12.1 Å². The smallest absolute Gasteiger partial charge is 0.308 e. The van der Waals surface area contributed by atoms with Gasteiger partial charge in [0.1, 0.15) is 5.82 Å². The summed E-state index contributed by atoms with van der Waals surface area (Å²) >= 11 is 0. The third-order valence-corrected chi connectivity index (χ3v) is 3.86. The van der Waals surface area contributed by atoms with Crippen LogP contribution >= 0.6 is 0 Å². The molecule has 2 heterocycles. The van der Waals surface area contributed by atoms with Crippen LogP contribution in [0.25, 0.3) is 0 Å². The molecule has 1 aliphatic rings. The fraction of sp³-hybridized carbons (Fsp3) is 0.400. The lowest BCUT2D eigenvalue weighted by Gasteiger charge is -2.18. The maximum absolute atomic E-state index is 11.0. The summed E-state index contributed by atoms with van der Waals surface area (Å²) in [7, 11) is 0. The molecule has 5 heteroatoms. The number of nitrogens with zero attached hydrogens (tertiary/aromatic N) is 3. The lowest BCUT2D eigenvalue weighted by atomic mass is 10.0. The highest BCUT2D eigenvalue weighted by atomic mass is 16.4. The van der Waals surface area contributed by atoms with Crippen LogP contribution in [0.4, 0.5) is 0 Å². The van der Waals surface area contributed by atoms with Crippen LogP contribution in [-0.2, 0) is 24.2 Å². The first kappa shape index (κ1) is 12.8. The van der Waals surface area contributed by atoms with Crippen LogP contribution in [0.15, 0.2) is 24.3 Å². The Kier molecular flexibility index (Phi) is 3.26. The molecule has 1 aromatic heterocycles. The lowest BCUT2D eigenvalue weighted by Crippen LogP contribution is -2.27. The Morgan fingerprint density at radius 1 is 1.45 bits per heavy atom. The molecule has 1 aliphatic heterocycles. The predicted molar refractivity (Wildman–Crippen MR) is 73.5 cm³/mol. The number of fused-ring (bicyclic) bond motifs is 1. The van der Waals surface area contributed by atoms with Crippen molar-refractivity contribution < 1.29 is 9.90 Å². The molecule has 0 aliphatic carbocycles. The van der Waals surface area contributed by atoms with Crippen LogP contribution in [0.3, 0.4) is 0 Å². The number of aryl methyl sites for hydroxylation is 2. The van der Waals surface area contributed by atoms with Gasteiger partial charge in [-0.15, -0.1) is 0 Å². The van der Waals surface area contributed by atoms with Crippen molar-refractivity contribution >= 4 is 5.97 Å². The number of carbonyl (C=O) groups is 1. The molecule has 1 aromatic carbocycles. The van der Waals surface area contributed by atoms with E-state index >= 15 is 0 Å². The molecule has 0 spiro atoms. The van der Waals surface area contributed by atoms with Gasteiger partial charge < -0.3 is 5.11 Å². The van der Waals surface area contributed by atoms with Gasteiger partial charge in [0.05, 0.1) is 12.5 Å². The molecular formula is C15H17N3O2. The molecule has 2 aromatic rings. The summed E-state index contributed by atoms with van der Waals surface area (Å²) in [5, 5.41) is 13.5. The maximum atomic E-state index is 11.0. The van der Waals surface area contributed by atoms with E-state index in [0.29, 0.717) is 25.8 Å². The number of benzene rings is 1. The Hall–Kier alpha value is -2.17. The fourth-order valence-electron chi connectivity index (χ4n) is 2.62. The van der Waals surface area contributed by atoms with Gasteiger partial charge in [0, 0.05) is 12.8 Å². The number of carboxylic acids is 1. The third-order valence-electron chi connectivity index (χ3n) is 3.86. The summed E-state index contributed by atoms with van der Waals surface area (Å²) in [5.74, 6) is 0.605. The Labute approximate surface area is 117 Å². The molecule has 0 radical (unpaired) electrons. The molecule has 0 fully saturated rings. The average Bonchev–Trinajstić information content (AvgIpc) is 2.82. The van der Waals surface area contributed by atoms with Crippen molar-refractivity contribution in [1.82, 2.24) is 14.8 Å². The molecule has 1 unspecified atom stereocenters. The normalized spacial score (nSPS) is 17.8. The van der Waals surface area contributed by atoms with E-state index in [9.17, 15) is 4.79 Å². The Morgan fingerprint density at radius 3 is 3.00 bits per heavy atom. The van der Waals surface area contributed by atoms with Crippen LogP contribution in [0.1, 0.15) is 29.2 Å². The molecule has 0 saturated heterocycles. The SMILES string of the molecule is Cc1ccccc1Cc1nc2n(n1)CC(C(=O)O)CC2. The molecule has 3 rings (SSSR count). The van der Waals surface area contributed by atoms with Crippen molar-refractivity contribution in [1.29, 1.82) is 0 Å². The number of hydrogen-bond donors (Lipinski definition) is 1. The van der Waals surface area contributed by atoms with Crippen LogP contribution < -0.4 is 0 Å². The predicted octanol–water partition coefficient (Wildman–Crippen LogP) is 1.82. The molecule has 0 bridgehead atoms. The molecule has 0 saturated carbocycles. The van der Waals surface area contributed by atoms with Gasteiger partial charge in [-0.05, 0) is 24.5 Å². The first-order valence-corrected chi connectivity index (χ1v) is 6.83. The minimum atomic E-state index is -0.744. The second-order valence-electron chi connectivity index (χ2n) is 5.30. The van der Waals surface area contributed by atoms with Crippen LogP contribution in [0.5, 0.6) is 0 Å². The molecule has 104 valence electrons. The zero-order valence-electron chi connectivity index (χ0n) is 11.4. The minimum absolute atomic E-state index is 0.337. The van der Waals surface area contributed by atoms with E-state index in [4.69, 9.17) is 5.11 Å². The summed E-state index contributed by atoms with van der Waals surface area (Å²) in [6.45, 7) is 2.51. The standard InChI is InChI=1S/C15H17N3O2/c1-10-4-2-3-5-11(10)8-13-16-14-7-6-12(15(19)20)9-18(14)17-13/h2-5,12H,6-9H2,1H3,(H,19,20). The quantitative estimate of drug-likeness (QED) is 0.924. The summed E-state index contributed by atoms with van der Waals surface area (Å²) in [6, 6.07) is 8.18.